The molecule has 0 aliphatic heterocycles. The monoisotopic (exact) mass is 603 g/mol. The molecule has 2 aliphatic rings. The molecule has 0 atom stereocenters. The lowest BCUT2D eigenvalue weighted by Crippen LogP contribution is -2.25. The predicted molar refractivity (Wildman–Crippen MR) is 198 cm³/mol. The van der Waals surface area contributed by atoms with E-state index >= 15 is 0 Å². The second-order valence-corrected chi connectivity index (χ2v) is 13.7. The van der Waals surface area contributed by atoms with Gasteiger partial charge in [-0.1, -0.05) is 144 Å². The van der Waals surface area contributed by atoms with Gasteiger partial charge in [0.1, 0.15) is 0 Å². The van der Waals surface area contributed by atoms with Crippen molar-refractivity contribution < 1.29 is 0 Å². The van der Waals surface area contributed by atoms with Crippen molar-refractivity contribution in [3.05, 3.63) is 138 Å². The molecule has 5 aromatic carbocycles. The van der Waals surface area contributed by atoms with Crippen LogP contribution in [0.4, 0.5) is 17.1 Å². The zero-order valence-corrected chi connectivity index (χ0v) is 27.8. The molecule has 0 saturated heterocycles. The van der Waals surface area contributed by atoms with Crippen molar-refractivity contribution in [2.45, 2.75) is 95.8 Å². The molecule has 1 heteroatoms. The van der Waals surface area contributed by atoms with Gasteiger partial charge in [0, 0.05) is 22.5 Å². The number of benzene rings is 5. The standard InChI is InChI=1S/C45H49N/c1-3-5-31-45(32-6-4-2)43-20-14-13-19-41(43)42-30-29-40(33-44(42)45)46(38-25-21-36(22-26-38)34-15-9-7-10-16-34)39-27-23-37(24-28-39)35-17-11-8-12-18-35/h7,9-10,13-16,19-30,33,35H,3-6,8,11-12,17-18,31-32H2,1-2H3. The van der Waals surface area contributed by atoms with Crippen LogP contribution >= 0.6 is 0 Å². The molecule has 5 aromatic rings. The van der Waals surface area contributed by atoms with Gasteiger partial charge in [0.15, 0.2) is 0 Å². The Balaban J connectivity index is 1.34. The number of unbranched alkanes of at least 4 members (excludes halogenated alkanes) is 2. The second kappa shape index (κ2) is 13.7. The van der Waals surface area contributed by atoms with Crippen LogP contribution in [0.5, 0.6) is 0 Å². The lowest BCUT2D eigenvalue weighted by atomic mass is 9.71. The van der Waals surface area contributed by atoms with Crippen molar-refractivity contribution in [3.8, 4) is 22.3 Å². The minimum absolute atomic E-state index is 0.0711. The van der Waals surface area contributed by atoms with Gasteiger partial charge in [0.25, 0.3) is 0 Å². The van der Waals surface area contributed by atoms with E-state index in [4.69, 9.17) is 0 Å². The van der Waals surface area contributed by atoms with E-state index in [9.17, 15) is 0 Å². The van der Waals surface area contributed by atoms with Gasteiger partial charge in [-0.15, -0.1) is 0 Å². The van der Waals surface area contributed by atoms with Crippen LogP contribution in [0, 0.1) is 0 Å². The van der Waals surface area contributed by atoms with Crippen molar-refractivity contribution in [3.63, 3.8) is 0 Å². The highest BCUT2D eigenvalue weighted by Gasteiger charge is 2.42. The van der Waals surface area contributed by atoms with Gasteiger partial charge in [-0.25, -0.2) is 0 Å². The normalized spacial score (nSPS) is 15.3. The molecule has 46 heavy (non-hydrogen) atoms. The Morgan fingerprint density at radius 3 is 1.78 bits per heavy atom. The maximum atomic E-state index is 2.56. The van der Waals surface area contributed by atoms with Crippen molar-refractivity contribution in [2.75, 3.05) is 4.90 Å². The average molecular weight is 604 g/mol. The molecule has 0 amide bonds. The van der Waals surface area contributed by atoms with E-state index in [2.05, 4.69) is 140 Å². The summed E-state index contributed by atoms with van der Waals surface area (Å²) in [6, 6.07) is 46.1. The maximum Gasteiger partial charge on any atom is 0.0465 e. The molecule has 1 nitrogen and oxygen atoms in total. The smallest absolute Gasteiger partial charge is 0.0465 e. The molecule has 0 aromatic heterocycles. The van der Waals surface area contributed by atoms with Gasteiger partial charge in [0.2, 0.25) is 0 Å². The Labute approximate surface area is 277 Å². The van der Waals surface area contributed by atoms with E-state index in [0.29, 0.717) is 5.92 Å². The molecule has 1 fully saturated rings. The third-order valence-corrected chi connectivity index (χ3v) is 10.9. The quantitative estimate of drug-likeness (QED) is 0.145. The fourth-order valence-corrected chi connectivity index (χ4v) is 8.42. The van der Waals surface area contributed by atoms with E-state index < -0.39 is 0 Å². The van der Waals surface area contributed by atoms with Gasteiger partial charge in [0.05, 0.1) is 0 Å². The molecule has 2 aliphatic carbocycles. The number of hydrogen-bond acceptors (Lipinski definition) is 1. The molecule has 234 valence electrons. The zero-order chi connectivity index (χ0) is 31.3. The SMILES string of the molecule is CCCCC1(CCCC)c2ccccc2-c2ccc(N(c3ccc(-c4ccccc4)cc3)c3ccc(C4CCCCC4)cc3)cc21. The topological polar surface area (TPSA) is 3.24 Å². The number of anilines is 3. The number of fused-ring (bicyclic) bond motifs is 3. The van der Waals surface area contributed by atoms with Crippen LogP contribution in [-0.2, 0) is 5.41 Å². The summed E-state index contributed by atoms with van der Waals surface area (Å²) >= 11 is 0. The number of rotatable bonds is 11. The van der Waals surface area contributed by atoms with Crippen LogP contribution in [0.2, 0.25) is 0 Å². The summed E-state index contributed by atoms with van der Waals surface area (Å²) in [4.78, 5) is 2.49. The summed E-state index contributed by atoms with van der Waals surface area (Å²) in [5.74, 6) is 0.706. The first-order chi connectivity index (χ1) is 22.7. The molecular weight excluding hydrogens is 555 g/mol. The third-order valence-electron chi connectivity index (χ3n) is 10.9. The molecule has 1 saturated carbocycles. The Morgan fingerprint density at radius 1 is 0.543 bits per heavy atom. The molecular formula is C45H49N. The number of hydrogen-bond donors (Lipinski definition) is 0. The zero-order valence-electron chi connectivity index (χ0n) is 27.8. The molecule has 0 heterocycles. The highest BCUT2D eigenvalue weighted by molar-refractivity contribution is 5.86. The first-order valence-electron chi connectivity index (χ1n) is 18.0. The summed E-state index contributed by atoms with van der Waals surface area (Å²) in [6.45, 7) is 4.67. The molecule has 0 spiro atoms. The Kier molecular flexibility index (Phi) is 9.11. The largest absolute Gasteiger partial charge is 0.310 e. The highest BCUT2D eigenvalue weighted by atomic mass is 15.1. The molecule has 0 bridgehead atoms. The van der Waals surface area contributed by atoms with Crippen LogP contribution < -0.4 is 4.90 Å². The average Bonchev–Trinajstić information content (AvgIpc) is 3.40. The lowest BCUT2D eigenvalue weighted by Gasteiger charge is -2.34. The van der Waals surface area contributed by atoms with Gasteiger partial charge in [-0.05, 0) is 107 Å². The molecule has 0 unspecified atom stereocenters. The van der Waals surface area contributed by atoms with Gasteiger partial charge in [-0.3, -0.25) is 0 Å². The van der Waals surface area contributed by atoms with Crippen LogP contribution in [0.1, 0.15) is 107 Å². The Bertz CT molecular complexity index is 1720. The molecule has 0 N–H and O–H groups in total. The first kappa shape index (κ1) is 30.5. The Morgan fingerprint density at radius 2 is 1.11 bits per heavy atom. The number of nitrogens with zero attached hydrogens (tertiary/aromatic N) is 1. The van der Waals surface area contributed by atoms with E-state index in [1.807, 2.05) is 0 Å². The molecule has 7 rings (SSSR count). The van der Waals surface area contributed by atoms with E-state index in [0.717, 1.165) is 0 Å². The van der Waals surface area contributed by atoms with E-state index in [1.165, 1.54) is 121 Å². The van der Waals surface area contributed by atoms with Crippen LogP contribution in [0.25, 0.3) is 22.3 Å². The predicted octanol–water partition coefficient (Wildman–Crippen LogP) is 13.5. The summed E-state index contributed by atoms with van der Waals surface area (Å²) in [5, 5.41) is 0. The van der Waals surface area contributed by atoms with Crippen LogP contribution in [-0.4, -0.2) is 0 Å². The Hall–Kier alpha value is -4.10. The van der Waals surface area contributed by atoms with Gasteiger partial charge >= 0.3 is 0 Å². The minimum Gasteiger partial charge on any atom is -0.310 e. The van der Waals surface area contributed by atoms with E-state index in [-0.39, 0.29) is 5.41 Å². The van der Waals surface area contributed by atoms with Crippen molar-refractivity contribution in [1.29, 1.82) is 0 Å². The fraction of sp³-hybridized carbons (Fsp3) is 0.333. The van der Waals surface area contributed by atoms with E-state index in [1.54, 1.807) is 5.56 Å². The van der Waals surface area contributed by atoms with Gasteiger partial charge < -0.3 is 4.90 Å². The highest BCUT2D eigenvalue weighted by Crippen LogP contribution is 2.55. The van der Waals surface area contributed by atoms with Crippen LogP contribution in [0.3, 0.4) is 0 Å². The van der Waals surface area contributed by atoms with Crippen molar-refractivity contribution in [1.82, 2.24) is 0 Å². The minimum atomic E-state index is 0.0711. The van der Waals surface area contributed by atoms with Crippen LogP contribution in [0.15, 0.2) is 121 Å². The lowest BCUT2D eigenvalue weighted by molar-refractivity contribution is 0.414. The summed E-state index contributed by atoms with van der Waals surface area (Å²) in [6.07, 6.45) is 14.1. The third kappa shape index (κ3) is 5.81. The second-order valence-electron chi connectivity index (χ2n) is 13.7. The maximum absolute atomic E-state index is 2.56. The summed E-state index contributed by atoms with van der Waals surface area (Å²) < 4.78 is 0. The van der Waals surface area contributed by atoms with Crippen molar-refractivity contribution >= 4 is 17.1 Å². The summed E-state index contributed by atoms with van der Waals surface area (Å²) in [7, 11) is 0. The molecule has 0 radical (unpaired) electrons. The fourth-order valence-electron chi connectivity index (χ4n) is 8.42. The summed E-state index contributed by atoms with van der Waals surface area (Å²) in [5.41, 5.74) is 13.7. The first-order valence-corrected chi connectivity index (χ1v) is 18.0. The van der Waals surface area contributed by atoms with Crippen molar-refractivity contribution in [2.24, 2.45) is 0 Å². The van der Waals surface area contributed by atoms with Gasteiger partial charge in [-0.2, -0.15) is 0 Å².